The number of ether oxygens (including phenoxy) is 1. The van der Waals surface area contributed by atoms with E-state index in [9.17, 15) is 0 Å². The first kappa shape index (κ1) is 11.3. The van der Waals surface area contributed by atoms with Crippen LogP contribution in [0.3, 0.4) is 0 Å². The normalized spacial score (nSPS) is 10.3. The van der Waals surface area contributed by atoms with E-state index in [1.54, 1.807) is 7.11 Å². The van der Waals surface area contributed by atoms with Crippen LogP contribution in [-0.4, -0.2) is 7.11 Å². The molecule has 0 aliphatic heterocycles. The number of rotatable bonds is 3. The average Bonchev–Trinajstić information content (AvgIpc) is 2.18. The van der Waals surface area contributed by atoms with Crippen LogP contribution in [0, 0.1) is 25.2 Å². The third-order valence-corrected chi connectivity index (χ3v) is 2.21. The lowest BCUT2D eigenvalue weighted by Crippen LogP contribution is -1.91. The Balaban J connectivity index is 2.99. The Bertz CT molecular complexity index is 390. The van der Waals surface area contributed by atoms with Gasteiger partial charge in [0.15, 0.2) is 0 Å². The number of nitriles is 1. The second-order valence-electron chi connectivity index (χ2n) is 3.45. The van der Waals surface area contributed by atoms with Crippen molar-refractivity contribution >= 4 is 6.08 Å². The maximum absolute atomic E-state index is 8.41. The molecular weight excluding hydrogens is 186 g/mol. The second-order valence-corrected chi connectivity index (χ2v) is 3.45. The molecule has 2 heteroatoms. The first-order valence-corrected chi connectivity index (χ1v) is 4.87. The predicted octanol–water partition coefficient (Wildman–Crippen LogP) is 3.24. The van der Waals surface area contributed by atoms with Crippen molar-refractivity contribution in [1.82, 2.24) is 0 Å². The van der Waals surface area contributed by atoms with E-state index in [1.165, 1.54) is 0 Å². The third-order valence-electron chi connectivity index (χ3n) is 2.21. The van der Waals surface area contributed by atoms with Gasteiger partial charge in [0, 0.05) is 0 Å². The summed E-state index contributed by atoms with van der Waals surface area (Å²) < 4.78 is 5.28. The Labute approximate surface area is 90.8 Å². The summed E-state index contributed by atoms with van der Waals surface area (Å²) in [5, 5.41) is 8.41. The lowest BCUT2D eigenvalue weighted by molar-refractivity contribution is 0.408. The largest absolute Gasteiger partial charge is 0.496 e. The Morgan fingerprint density at radius 2 is 1.93 bits per heavy atom. The summed E-state index contributed by atoms with van der Waals surface area (Å²) in [5.74, 6) is 0.937. The highest BCUT2D eigenvalue weighted by Crippen LogP contribution is 2.24. The number of hydrogen-bond acceptors (Lipinski definition) is 2. The van der Waals surface area contributed by atoms with E-state index < -0.39 is 0 Å². The van der Waals surface area contributed by atoms with Crippen LogP contribution in [0.4, 0.5) is 0 Å². The predicted molar refractivity (Wildman–Crippen MR) is 61.7 cm³/mol. The van der Waals surface area contributed by atoms with Crippen LogP contribution >= 0.6 is 0 Å². The molecule has 0 aliphatic carbocycles. The fourth-order valence-corrected chi connectivity index (χ4v) is 1.65. The Hall–Kier alpha value is -1.75. The molecule has 0 heterocycles. The van der Waals surface area contributed by atoms with Crippen LogP contribution < -0.4 is 4.74 Å². The van der Waals surface area contributed by atoms with Crippen molar-refractivity contribution in [1.29, 1.82) is 5.26 Å². The molecule has 0 unspecified atom stereocenters. The standard InChI is InChI=1S/C13H15NO/c1-10-8-12(6-4-5-7-14)9-11(2)13(10)15-3/h4,6,8-9H,5H2,1-3H3. The maximum atomic E-state index is 8.41. The summed E-state index contributed by atoms with van der Waals surface area (Å²) in [7, 11) is 1.68. The molecule has 0 aliphatic rings. The van der Waals surface area contributed by atoms with Gasteiger partial charge in [0.05, 0.1) is 19.6 Å². The molecule has 0 saturated carbocycles. The van der Waals surface area contributed by atoms with E-state index in [2.05, 4.69) is 18.2 Å². The van der Waals surface area contributed by atoms with Crippen molar-refractivity contribution in [3.05, 3.63) is 34.9 Å². The van der Waals surface area contributed by atoms with Gasteiger partial charge in [-0.05, 0) is 42.7 Å². The third kappa shape index (κ3) is 2.85. The molecule has 1 aromatic carbocycles. The van der Waals surface area contributed by atoms with E-state index >= 15 is 0 Å². The van der Waals surface area contributed by atoms with Gasteiger partial charge in [-0.2, -0.15) is 5.26 Å². The van der Waals surface area contributed by atoms with E-state index in [-0.39, 0.29) is 0 Å². The van der Waals surface area contributed by atoms with Crippen molar-refractivity contribution in [2.45, 2.75) is 20.3 Å². The smallest absolute Gasteiger partial charge is 0.124 e. The van der Waals surface area contributed by atoms with Gasteiger partial charge in [-0.1, -0.05) is 12.2 Å². The monoisotopic (exact) mass is 201 g/mol. The fraction of sp³-hybridized carbons (Fsp3) is 0.308. The number of methoxy groups -OCH3 is 1. The van der Waals surface area contributed by atoms with Crippen LogP contribution in [0.5, 0.6) is 5.75 Å². The zero-order valence-corrected chi connectivity index (χ0v) is 9.37. The van der Waals surface area contributed by atoms with Crippen LogP contribution in [0.15, 0.2) is 18.2 Å². The Morgan fingerprint density at radius 1 is 1.33 bits per heavy atom. The minimum Gasteiger partial charge on any atom is -0.496 e. The summed E-state index contributed by atoms with van der Waals surface area (Å²) in [6.07, 6.45) is 4.27. The Morgan fingerprint density at radius 3 is 2.40 bits per heavy atom. The first-order chi connectivity index (χ1) is 7.19. The molecule has 0 aromatic heterocycles. The summed E-state index contributed by atoms with van der Waals surface area (Å²) >= 11 is 0. The van der Waals surface area contributed by atoms with Gasteiger partial charge >= 0.3 is 0 Å². The van der Waals surface area contributed by atoms with Crippen molar-refractivity contribution in [2.24, 2.45) is 0 Å². The number of benzene rings is 1. The number of hydrogen-bond donors (Lipinski definition) is 0. The van der Waals surface area contributed by atoms with Gasteiger partial charge in [0.2, 0.25) is 0 Å². The summed E-state index contributed by atoms with van der Waals surface area (Å²) in [6, 6.07) is 6.19. The first-order valence-electron chi connectivity index (χ1n) is 4.87. The highest BCUT2D eigenvalue weighted by atomic mass is 16.5. The second kappa shape index (κ2) is 5.21. The summed E-state index contributed by atoms with van der Waals surface area (Å²) in [4.78, 5) is 0. The number of nitrogens with zero attached hydrogens (tertiary/aromatic N) is 1. The van der Waals surface area contributed by atoms with Crippen molar-refractivity contribution in [3.8, 4) is 11.8 Å². The van der Waals surface area contributed by atoms with Crippen LogP contribution in [0.1, 0.15) is 23.1 Å². The van der Waals surface area contributed by atoms with Gasteiger partial charge < -0.3 is 4.74 Å². The molecule has 0 bridgehead atoms. The fourth-order valence-electron chi connectivity index (χ4n) is 1.65. The molecule has 0 fully saturated rings. The minimum atomic E-state index is 0.449. The average molecular weight is 201 g/mol. The molecule has 2 nitrogen and oxygen atoms in total. The molecule has 1 rings (SSSR count). The Kier molecular flexibility index (Phi) is 3.93. The van der Waals surface area contributed by atoms with Crippen LogP contribution in [-0.2, 0) is 0 Å². The quantitative estimate of drug-likeness (QED) is 0.752. The minimum absolute atomic E-state index is 0.449. The van der Waals surface area contributed by atoms with E-state index in [1.807, 2.05) is 26.0 Å². The number of allylic oxidation sites excluding steroid dienone is 1. The zero-order chi connectivity index (χ0) is 11.3. The summed E-state index contributed by atoms with van der Waals surface area (Å²) in [5.41, 5.74) is 3.35. The topological polar surface area (TPSA) is 33.0 Å². The molecule has 0 saturated heterocycles. The molecule has 0 amide bonds. The SMILES string of the molecule is COc1c(C)cc(C=CCC#N)cc1C. The van der Waals surface area contributed by atoms with Crippen LogP contribution in [0.25, 0.3) is 6.08 Å². The van der Waals surface area contributed by atoms with Crippen molar-refractivity contribution in [3.63, 3.8) is 0 Å². The van der Waals surface area contributed by atoms with Gasteiger partial charge in [0.25, 0.3) is 0 Å². The molecular formula is C13H15NO. The van der Waals surface area contributed by atoms with E-state index in [4.69, 9.17) is 10.00 Å². The van der Waals surface area contributed by atoms with Gasteiger partial charge in [-0.15, -0.1) is 0 Å². The molecule has 0 spiro atoms. The lowest BCUT2D eigenvalue weighted by Gasteiger charge is -2.09. The van der Waals surface area contributed by atoms with Crippen molar-refractivity contribution < 1.29 is 4.74 Å². The van der Waals surface area contributed by atoms with Gasteiger partial charge in [-0.3, -0.25) is 0 Å². The lowest BCUT2D eigenvalue weighted by atomic mass is 10.1. The molecule has 0 radical (unpaired) electrons. The van der Waals surface area contributed by atoms with E-state index in [0.717, 1.165) is 22.4 Å². The highest BCUT2D eigenvalue weighted by molar-refractivity contribution is 5.56. The van der Waals surface area contributed by atoms with Gasteiger partial charge in [-0.25, -0.2) is 0 Å². The number of aryl methyl sites for hydroxylation is 2. The molecule has 15 heavy (non-hydrogen) atoms. The maximum Gasteiger partial charge on any atom is 0.124 e. The summed E-state index contributed by atoms with van der Waals surface area (Å²) in [6.45, 7) is 4.04. The molecule has 1 aromatic rings. The van der Waals surface area contributed by atoms with Crippen molar-refractivity contribution in [2.75, 3.05) is 7.11 Å². The zero-order valence-electron chi connectivity index (χ0n) is 9.37. The highest BCUT2D eigenvalue weighted by Gasteiger charge is 2.02. The van der Waals surface area contributed by atoms with Gasteiger partial charge in [0.1, 0.15) is 5.75 Å². The molecule has 0 atom stereocenters. The van der Waals surface area contributed by atoms with E-state index in [0.29, 0.717) is 6.42 Å². The molecule has 0 N–H and O–H groups in total. The van der Waals surface area contributed by atoms with Crippen LogP contribution in [0.2, 0.25) is 0 Å². The molecule has 78 valence electrons.